The number of fused-ring (bicyclic) bond motifs is 3. The standard InChI is InChI=1S/C25H35N5S/c1-29-24(15-23(28-29)18-8-4-2-5-9-18)22-17-30-13-12-19(22)14-21(30)16-26-25(31)27-20-10-6-3-7-11-20/h3,6-7,10-11,15,18-19,21-22H,2,4-5,8-9,12-14,16-17H2,1H3,(H2,26,27,31)/t19-,21+,22+/m0/s1. The summed E-state index contributed by atoms with van der Waals surface area (Å²) in [4.78, 5) is 2.68. The van der Waals surface area contributed by atoms with Gasteiger partial charge in [0.2, 0.25) is 0 Å². The zero-order chi connectivity index (χ0) is 21.2. The van der Waals surface area contributed by atoms with Crippen molar-refractivity contribution in [1.82, 2.24) is 20.0 Å². The van der Waals surface area contributed by atoms with E-state index in [-0.39, 0.29) is 0 Å². The molecule has 0 amide bonds. The third kappa shape index (κ3) is 4.65. The van der Waals surface area contributed by atoms with E-state index in [2.05, 4.69) is 33.3 Å². The van der Waals surface area contributed by atoms with Gasteiger partial charge in [-0.1, -0.05) is 37.5 Å². The van der Waals surface area contributed by atoms with E-state index in [0.717, 1.165) is 24.7 Å². The lowest BCUT2D eigenvalue weighted by atomic mass is 9.74. The lowest BCUT2D eigenvalue weighted by molar-refractivity contribution is 0.0303. The predicted molar refractivity (Wildman–Crippen MR) is 131 cm³/mol. The smallest absolute Gasteiger partial charge is 0.170 e. The lowest BCUT2D eigenvalue weighted by Gasteiger charge is -2.50. The molecule has 0 spiro atoms. The molecule has 3 aliphatic heterocycles. The second-order valence-corrected chi connectivity index (χ2v) is 10.1. The van der Waals surface area contributed by atoms with Crippen LogP contribution in [-0.2, 0) is 7.05 Å². The summed E-state index contributed by atoms with van der Waals surface area (Å²) in [5.74, 6) is 2.06. The highest BCUT2D eigenvalue weighted by molar-refractivity contribution is 7.80. The third-order valence-corrected chi connectivity index (χ3v) is 7.99. The fourth-order valence-electron chi connectivity index (χ4n) is 6.04. The van der Waals surface area contributed by atoms with Gasteiger partial charge in [0, 0.05) is 49.4 Å². The maximum atomic E-state index is 5.52. The molecule has 4 fully saturated rings. The number of hydrogen-bond donors (Lipinski definition) is 2. The molecule has 166 valence electrons. The number of benzene rings is 1. The van der Waals surface area contributed by atoms with E-state index < -0.39 is 0 Å². The molecule has 2 bridgehead atoms. The molecule has 5 nitrogen and oxygen atoms in total. The highest BCUT2D eigenvalue weighted by Gasteiger charge is 2.42. The Kier molecular flexibility index (Phi) is 6.28. The maximum absolute atomic E-state index is 5.52. The highest BCUT2D eigenvalue weighted by atomic mass is 32.1. The van der Waals surface area contributed by atoms with E-state index >= 15 is 0 Å². The summed E-state index contributed by atoms with van der Waals surface area (Å²) in [6, 6.07) is 13.2. The van der Waals surface area contributed by atoms with Crippen molar-refractivity contribution >= 4 is 23.0 Å². The van der Waals surface area contributed by atoms with Crippen LogP contribution in [0.3, 0.4) is 0 Å². The molecule has 4 heterocycles. The normalized spacial score (nSPS) is 28.4. The number of aromatic nitrogens is 2. The van der Waals surface area contributed by atoms with E-state index in [1.807, 2.05) is 30.3 Å². The van der Waals surface area contributed by atoms with Crippen LogP contribution in [0.4, 0.5) is 5.69 Å². The van der Waals surface area contributed by atoms with Gasteiger partial charge in [0.1, 0.15) is 0 Å². The first kappa shape index (κ1) is 21.0. The minimum absolute atomic E-state index is 0.566. The van der Waals surface area contributed by atoms with Crippen LogP contribution in [0, 0.1) is 5.92 Å². The Bertz CT molecular complexity index is 889. The number of anilines is 1. The molecule has 2 N–H and O–H groups in total. The number of nitrogens with zero attached hydrogens (tertiary/aromatic N) is 3. The van der Waals surface area contributed by atoms with E-state index in [1.165, 1.54) is 62.9 Å². The molecule has 2 aromatic rings. The van der Waals surface area contributed by atoms with Gasteiger partial charge >= 0.3 is 0 Å². The van der Waals surface area contributed by atoms with E-state index in [1.54, 1.807) is 0 Å². The van der Waals surface area contributed by atoms with Gasteiger partial charge in [0.15, 0.2) is 5.11 Å². The minimum Gasteiger partial charge on any atom is -0.361 e. The van der Waals surface area contributed by atoms with Gasteiger partial charge < -0.3 is 10.6 Å². The van der Waals surface area contributed by atoms with Crippen molar-refractivity contribution in [2.75, 3.05) is 25.0 Å². The molecule has 6 heteroatoms. The first-order chi connectivity index (χ1) is 15.2. The van der Waals surface area contributed by atoms with Gasteiger partial charge in [-0.05, 0) is 68.6 Å². The molecule has 4 atom stereocenters. The molecule has 6 rings (SSSR count). The first-order valence-corrected chi connectivity index (χ1v) is 12.5. The van der Waals surface area contributed by atoms with Gasteiger partial charge in [-0.25, -0.2) is 0 Å². The van der Waals surface area contributed by atoms with Gasteiger partial charge in [-0.3, -0.25) is 9.58 Å². The van der Waals surface area contributed by atoms with Crippen molar-refractivity contribution in [3.63, 3.8) is 0 Å². The number of hydrogen-bond acceptors (Lipinski definition) is 3. The van der Waals surface area contributed by atoms with Gasteiger partial charge in [0.05, 0.1) is 5.69 Å². The van der Waals surface area contributed by atoms with Crippen LogP contribution in [-0.4, -0.2) is 45.5 Å². The average Bonchev–Trinajstić information content (AvgIpc) is 3.21. The Labute approximate surface area is 191 Å². The number of rotatable bonds is 5. The highest BCUT2D eigenvalue weighted by Crippen LogP contribution is 2.42. The maximum Gasteiger partial charge on any atom is 0.170 e. The Morgan fingerprint density at radius 1 is 1.13 bits per heavy atom. The number of thiocarbonyl (C=S) groups is 1. The Hall–Kier alpha value is -1.92. The Morgan fingerprint density at radius 2 is 1.94 bits per heavy atom. The summed E-state index contributed by atoms with van der Waals surface area (Å²) in [6.07, 6.45) is 9.32. The summed E-state index contributed by atoms with van der Waals surface area (Å²) < 4.78 is 2.20. The number of para-hydroxylation sites is 1. The van der Waals surface area contributed by atoms with Crippen molar-refractivity contribution in [2.24, 2.45) is 13.0 Å². The van der Waals surface area contributed by atoms with Crippen LogP contribution < -0.4 is 10.6 Å². The van der Waals surface area contributed by atoms with Crippen LogP contribution >= 0.6 is 12.2 Å². The molecule has 1 aromatic carbocycles. The minimum atomic E-state index is 0.566. The summed E-state index contributed by atoms with van der Waals surface area (Å²) in [6.45, 7) is 3.28. The lowest BCUT2D eigenvalue weighted by Crippen LogP contribution is -2.56. The summed E-state index contributed by atoms with van der Waals surface area (Å²) >= 11 is 5.52. The van der Waals surface area contributed by atoms with E-state index in [9.17, 15) is 0 Å². The molecule has 1 unspecified atom stereocenters. The number of nitrogens with one attached hydrogen (secondary N) is 2. The molecular weight excluding hydrogens is 402 g/mol. The van der Waals surface area contributed by atoms with Crippen molar-refractivity contribution < 1.29 is 0 Å². The van der Waals surface area contributed by atoms with Crippen LogP contribution in [0.5, 0.6) is 0 Å². The van der Waals surface area contributed by atoms with Crippen molar-refractivity contribution in [3.05, 3.63) is 47.8 Å². The van der Waals surface area contributed by atoms with E-state index in [4.69, 9.17) is 17.3 Å². The average molecular weight is 438 g/mol. The van der Waals surface area contributed by atoms with Crippen LogP contribution in [0.15, 0.2) is 36.4 Å². The van der Waals surface area contributed by atoms with Crippen LogP contribution in [0.25, 0.3) is 0 Å². The number of aryl methyl sites for hydroxylation is 1. The summed E-state index contributed by atoms with van der Waals surface area (Å²) in [5, 5.41) is 12.4. The van der Waals surface area contributed by atoms with E-state index in [0.29, 0.717) is 23.0 Å². The van der Waals surface area contributed by atoms with Gasteiger partial charge in [0.25, 0.3) is 0 Å². The topological polar surface area (TPSA) is 45.1 Å². The molecule has 4 aliphatic rings. The largest absolute Gasteiger partial charge is 0.361 e. The quantitative estimate of drug-likeness (QED) is 0.668. The molecule has 1 saturated carbocycles. The molecule has 1 aliphatic carbocycles. The van der Waals surface area contributed by atoms with Crippen LogP contribution in [0.1, 0.15) is 68.2 Å². The molecular formula is C25H35N5S. The van der Waals surface area contributed by atoms with Gasteiger partial charge in [-0.15, -0.1) is 0 Å². The monoisotopic (exact) mass is 437 g/mol. The molecule has 3 saturated heterocycles. The predicted octanol–water partition coefficient (Wildman–Crippen LogP) is 4.63. The Balaban J connectivity index is 1.18. The molecule has 1 aromatic heterocycles. The first-order valence-electron chi connectivity index (χ1n) is 12.0. The zero-order valence-corrected chi connectivity index (χ0v) is 19.4. The zero-order valence-electron chi connectivity index (χ0n) is 18.6. The fourth-order valence-corrected chi connectivity index (χ4v) is 6.24. The second-order valence-electron chi connectivity index (χ2n) is 9.69. The van der Waals surface area contributed by atoms with Crippen LogP contribution in [0.2, 0.25) is 0 Å². The molecule has 0 radical (unpaired) electrons. The van der Waals surface area contributed by atoms with Crippen molar-refractivity contribution in [1.29, 1.82) is 0 Å². The second kappa shape index (κ2) is 9.29. The number of piperidine rings is 3. The fraction of sp³-hybridized carbons (Fsp3) is 0.600. The van der Waals surface area contributed by atoms with Gasteiger partial charge in [-0.2, -0.15) is 5.10 Å². The third-order valence-electron chi connectivity index (χ3n) is 7.75. The SMILES string of the molecule is Cn1nc(C2CCCCC2)cc1[C@@H]1CN2CC[C@H]1C[C@@H]2CNC(=S)Nc1ccccc1. The summed E-state index contributed by atoms with van der Waals surface area (Å²) in [7, 11) is 2.16. The molecule has 31 heavy (non-hydrogen) atoms. The van der Waals surface area contributed by atoms with Crippen molar-refractivity contribution in [3.8, 4) is 0 Å². The Morgan fingerprint density at radius 3 is 2.68 bits per heavy atom. The van der Waals surface area contributed by atoms with Crippen molar-refractivity contribution in [2.45, 2.75) is 62.8 Å². The summed E-state index contributed by atoms with van der Waals surface area (Å²) in [5.41, 5.74) is 3.85.